The van der Waals surface area contributed by atoms with Gasteiger partial charge in [-0.1, -0.05) is 30.7 Å². The van der Waals surface area contributed by atoms with Crippen molar-refractivity contribution in [3.8, 4) is 5.75 Å². The molecule has 0 aromatic heterocycles. The second kappa shape index (κ2) is 7.71. The molecule has 0 saturated heterocycles. The fourth-order valence-corrected chi connectivity index (χ4v) is 3.25. The molecule has 2 aromatic carbocycles. The molecule has 0 fully saturated rings. The third-order valence-electron chi connectivity index (χ3n) is 4.35. The molecule has 1 aliphatic rings. The van der Waals surface area contributed by atoms with Crippen LogP contribution in [0.1, 0.15) is 37.3 Å². The van der Waals surface area contributed by atoms with Crippen molar-refractivity contribution in [2.75, 3.05) is 5.32 Å². The smallest absolute Gasteiger partial charge is 0.265 e. The minimum atomic E-state index is -0.523. The van der Waals surface area contributed by atoms with Crippen LogP contribution < -0.4 is 10.1 Å². The standard InChI is InChI=1S/C20H22ClNO2/c1-2-19(20(23)22-17-9-5-8-16(21)13-17)24-18-11-10-14-6-3-4-7-15(14)12-18/h5,8-13,19H,2-4,6-7H2,1H3,(H,22,23). The number of carbonyl (C=O) groups is 1. The lowest BCUT2D eigenvalue weighted by Gasteiger charge is -2.20. The quantitative estimate of drug-likeness (QED) is 0.828. The second-order valence-electron chi connectivity index (χ2n) is 6.15. The highest BCUT2D eigenvalue weighted by molar-refractivity contribution is 6.30. The van der Waals surface area contributed by atoms with Crippen LogP contribution >= 0.6 is 11.6 Å². The number of carbonyl (C=O) groups excluding carboxylic acids is 1. The van der Waals surface area contributed by atoms with Gasteiger partial charge < -0.3 is 10.1 Å². The largest absolute Gasteiger partial charge is 0.481 e. The number of hydrogen-bond donors (Lipinski definition) is 1. The van der Waals surface area contributed by atoms with E-state index < -0.39 is 6.10 Å². The van der Waals surface area contributed by atoms with Crippen LogP contribution in [0.3, 0.4) is 0 Å². The molecule has 1 N–H and O–H groups in total. The van der Waals surface area contributed by atoms with Crippen molar-refractivity contribution in [1.82, 2.24) is 0 Å². The van der Waals surface area contributed by atoms with Crippen LogP contribution in [-0.2, 0) is 17.6 Å². The Morgan fingerprint density at radius 2 is 1.96 bits per heavy atom. The van der Waals surface area contributed by atoms with E-state index >= 15 is 0 Å². The van der Waals surface area contributed by atoms with Crippen molar-refractivity contribution in [2.45, 2.75) is 45.1 Å². The summed E-state index contributed by atoms with van der Waals surface area (Å²) in [5.41, 5.74) is 3.44. The summed E-state index contributed by atoms with van der Waals surface area (Å²) in [7, 11) is 0. The van der Waals surface area contributed by atoms with Gasteiger partial charge >= 0.3 is 0 Å². The van der Waals surface area contributed by atoms with Gasteiger partial charge in [0.2, 0.25) is 0 Å². The van der Waals surface area contributed by atoms with Gasteiger partial charge in [-0.2, -0.15) is 0 Å². The van der Waals surface area contributed by atoms with E-state index in [1.807, 2.05) is 25.1 Å². The van der Waals surface area contributed by atoms with Crippen molar-refractivity contribution in [3.05, 3.63) is 58.6 Å². The van der Waals surface area contributed by atoms with Crippen LogP contribution in [0.15, 0.2) is 42.5 Å². The predicted molar refractivity (Wildman–Crippen MR) is 97.9 cm³/mol. The summed E-state index contributed by atoms with van der Waals surface area (Å²) in [4.78, 5) is 12.5. The Balaban J connectivity index is 1.68. The van der Waals surface area contributed by atoms with Gasteiger partial charge in [-0.25, -0.2) is 0 Å². The van der Waals surface area contributed by atoms with E-state index in [4.69, 9.17) is 16.3 Å². The number of benzene rings is 2. The van der Waals surface area contributed by atoms with Gasteiger partial charge in [0.1, 0.15) is 5.75 Å². The molecule has 0 heterocycles. The molecule has 1 amide bonds. The number of fused-ring (bicyclic) bond motifs is 1. The van der Waals surface area contributed by atoms with Crippen molar-refractivity contribution in [1.29, 1.82) is 0 Å². The van der Waals surface area contributed by atoms with Crippen LogP contribution in [0.25, 0.3) is 0 Å². The number of ether oxygens (including phenoxy) is 1. The summed E-state index contributed by atoms with van der Waals surface area (Å²) in [5, 5.41) is 3.46. The highest BCUT2D eigenvalue weighted by Crippen LogP contribution is 2.26. The lowest BCUT2D eigenvalue weighted by molar-refractivity contribution is -0.122. The molecule has 4 heteroatoms. The highest BCUT2D eigenvalue weighted by Gasteiger charge is 2.19. The molecule has 3 nitrogen and oxygen atoms in total. The van der Waals surface area contributed by atoms with Crippen molar-refractivity contribution >= 4 is 23.2 Å². The third-order valence-corrected chi connectivity index (χ3v) is 4.59. The molecule has 126 valence electrons. The predicted octanol–water partition coefficient (Wildman–Crippen LogP) is 5.01. The highest BCUT2D eigenvalue weighted by atomic mass is 35.5. The summed E-state index contributed by atoms with van der Waals surface area (Å²) in [5.74, 6) is 0.612. The van der Waals surface area contributed by atoms with E-state index in [1.165, 1.54) is 24.0 Å². The van der Waals surface area contributed by atoms with Gasteiger partial charge in [0.25, 0.3) is 5.91 Å². The maximum atomic E-state index is 12.5. The molecule has 0 spiro atoms. The van der Waals surface area contributed by atoms with E-state index in [-0.39, 0.29) is 5.91 Å². The first kappa shape index (κ1) is 16.8. The Bertz CT molecular complexity index is 729. The van der Waals surface area contributed by atoms with Crippen LogP contribution in [0, 0.1) is 0 Å². The Morgan fingerprint density at radius 3 is 2.71 bits per heavy atom. The zero-order valence-corrected chi connectivity index (χ0v) is 14.6. The first-order valence-electron chi connectivity index (χ1n) is 8.50. The average Bonchev–Trinajstić information content (AvgIpc) is 2.59. The fourth-order valence-electron chi connectivity index (χ4n) is 3.06. The molecule has 0 bridgehead atoms. The minimum Gasteiger partial charge on any atom is -0.481 e. The number of amides is 1. The average molecular weight is 344 g/mol. The van der Waals surface area contributed by atoms with Crippen LogP contribution in [0.2, 0.25) is 5.02 Å². The van der Waals surface area contributed by atoms with E-state index in [0.29, 0.717) is 17.1 Å². The first-order valence-corrected chi connectivity index (χ1v) is 8.88. The van der Waals surface area contributed by atoms with Crippen LogP contribution in [-0.4, -0.2) is 12.0 Å². The van der Waals surface area contributed by atoms with Gasteiger partial charge in [-0.15, -0.1) is 0 Å². The lowest BCUT2D eigenvalue weighted by atomic mass is 9.92. The van der Waals surface area contributed by atoms with E-state index in [1.54, 1.807) is 12.1 Å². The number of halogens is 1. The molecular weight excluding hydrogens is 322 g/mol. The Labute approximate surface area is 148 Å². The number of nitrogens with one attached hydrogen (secondary N) is 1. The second-order valence-corrected chi connectivity index (χ2v) is 6.59. The van der Waals surface area contributed by atoms with Crippen molar-refractivity contribution in [2.24, 2.45) is 0 Å². The van der Waals surface area contributed by atoms with E-state index in [9.17, 15) is 4.79 Å². The number of hydrogen-bond acceptors (Lipinski definition) is 2. The summed E-state index contributed by atoms with van der Waals surface area (Å²) in [6.45, 7) is 1.95. The fraction of sp³-hybridized carbons (Fsp3) is 0.350. The Morgan fingerprint density at radius 1 is 1.17 bits per heavy atom. The SMILES string of the molecule is CCC(Oc1ccc2c(c1)CCCC2)C(=O)Nc1cccc(Cl)c1. The monoisotopic (exact) mass is 343 g/mol. The van der Waals surface area contributed by atoms with E-state index in [0.717, 1.165) is 18.6 Å². The molecular formula is C20H22ClNO2. The van der Waals surface area contributed by atoms with Crippen molar-refractivity contribution in [3.63, 3.8) is 0 Å². The van der Waals surface area contributed by atoms with Crippen LogP contribution in [0.4, 0.5) is 5.69 Å². The molecule has 1 aliphatic carbocycles. The number of rotatable bonds is 5. The van der Waals surface area contributed by atoms with Gasteiger partial charge in [0.15, 0.2) is 6.10 Å². The molecule has 0 radical (unpaired) electrons. The Kier molecular flexibility index (Phi) is 5.41. The molecule has 3 rings (SSSR count). The summed E-state index contributed by atoms with van der Waals surface area (Å²) < 4.78 is 5.95. The van der Waals surface area contributed by atoms with Gasteiger partial charge in [0.05, 0.1) is 0 Å². The first-order chi connectivity index (χ1) is 11.7. The van der Waals surface area contributed by atoms with Gasteiger partial charge in [-0.05, 0) is 73.6 Å². The normalized spacial score (nSPS) is 14.6. The number of anilines is 1. The van der Waals surface area contributed by atoms with E-state index in [2.05, 4.69) is 17.4 Å². The zero-order chi connectivity index (χ0) is 16.9. The third kappa shape index (κ3) is 4.09. The maximum Gasteiger partial charge on any atom is 0.265 e. The summed E-state index contributed by atoms with van der Waals surface area (Å²) in [6.07, 6.45) is 4.80. The summed E-state index contributed by atoms with van der Waals surface area (Å²) in [6, 6.07) is 13.3. The molecule has 0 saturated carbocycles. The number of aryl methyl sites for hydroxylation is 2. The molecule has 1 unspecified atom stereocenters. The topological polar surface area (TPSA) is 38.3 Å². The summed E-state index contributed by atoms with van der Waals surface area (Å²) >= 11 is 5.96. The zero-order valence-electron chi connectivity index (χ0n) is 13.8. The molecule has 1 atom stereocenters. The molecule has 24 heavy (non-hydrogen) atoms. The molecule has 0 aliphatic heterocycles. The lowest BCUT2D eigenvalue weighted by Crippen LogP contribution is -2.32. The van der Waals surface area contributed by atoms with Gasteiger partial charge in [-0.3, -0.25) is 4.79 Å². The Hall–Kier alpha value is -2.00. The van der Waals surface area contributed by atoms with Crippen molar-refractivity contribution < 1.29 is 9.53 Å². The van der Waals surface area contributed by atoms with Gasteiger partial charge in [0, 0.05) is 10.7 Å². The minimum absolute atomic E-state index is 0.155. The molecule has 2 aromatic rings. The maximum absolute atomic E-state index is 12.5. The van der Waals surface area contributed by atoms with Crippen LogP contribution in [0.5, 0.6) is 5.75 Å².